The van der Waals surface area contributed by atoms with Crippen molar-refractivity contribution in [1.82, 2.24) is 0 Å². The van der Waals surface area contributed by atoms with Crippen LogP contribution in [0, 0.1) is 45.8 Å². The van der Waals surface area contributed by atoms with E-state index < -0.39 is 11.5 Å². The van der Waals surface area contributed by atoms with Gasteiger partial charge >= 0.3 is 0 Å². The highest BCUT2D eigenvalue weighted by atomic mass is 16.3. The minimum atomic E-state index is -1.19. The van der Waals surface area contributed by atoms with E-state index in [1.54, 1.807) is 0 Å². The summed E-state index contributed by atoms with van der Waals surface area (Å²) in [5.41, 5.74) is -1.79. The first kappa shape index (κ1) is 16.3. The third-order valence-electron chi connectivity index (χ3n) is 8.58. The standard InChI is InChI=1S/C20H27NO3/c1-18-7-6-16-14(15(18)3-4-17(18)23)9-12(11-21)20(24)10-13(22)5-8-19(16,20)2/h12,14-16,24H,3-10H2,1-2H3/t12-,14-,15-,16-,18-,19+,20-/m0/s1. The lowest BCUT2D eigenvalue weighted by Crippen LogP contribution is -2.66. The number of hydrogen-bond donors (Lipinski definition) is 1. The Morgan fingerprint density at radius 1 is 1.12 bits per heavy atom. The lowest BCUT2D eigenvalue weighted by atomic mass is 9.41. The molecule has 4 fully saturated rings. The SMILES string of the molecule is C[C@]12CC[C@H]3[C@@H](C[C@@H](C#N)[C@@]4(O)CC(=O)CC[C@]34C)[C@@H]1CCC2=O. The molecule has 0 radical (unpaired) electrons. The van der Waals surface area contributed by atoms with Crippen molar-refractivity contribution in [2.24, 2.45) is 34.5 Å². The monoisotopic (exact) mass is 329 g/mol. The van der Waals surface area contributed by atoms with Crippen molar-refractivity contribution in [3.05, 3.63) is 0 Å². The van der Waals surface area contributed by atoms with Crippen molar-refractivity contribution in [1.29, 1.82) is 5.26 Å². The summed E-state index contributed by atoms with van der Waals surface area (Å²) in [5.74, 6) is 0.988. The molecule has 0 aromatic carbocycles. The van der Waals surface area contributed by atoms with E-state index in [0.29, 0.717) is 49.2 Å². The largest absolute Gasteiger partial charge is 0.387 e. The van der Waals surface area contributed by atoms with Crippen LogP contribution in [0.5, 0.6) is 0 Å². The van der Waals surface area contributed by atoms with Crippen LogP contribution in [0.25, 0.3) is 0 Å². The Balaban J connectivity index is 1.77. The average Bonchev–Trinajstić information content (AvgIpc) is 2.84. The molecule has 4 rings (SSSR count). The third-order valence-corrected chi connectivity index (χ3v) is 8.58. The number of aliphatic hydroxyl groups is 1. The van der Waals surface area contributed by atoms with Gasteiger partial charge in [0, 0.05) is 30.1 Å². The predicted octanol–water partition coefficient (Wildman–Crippen LogP) is 3.03. The molecule has 0 aromatic rings. The molecule has 0 unspecified atom stereocenters. The molecular formula is C20H27NO3. The van der Waals surface area contributed by atoms with Gasteiger partial charge in [0.25, 0.3) is 0 Å². The number of ketones is 2. The number of nitrogens with zero attached hydrogens (tertiary/aromatic N) is 1. The van der Waals surface area contributed by atoms with Gasteiger partial charge in [0.05, 0.1) is 17.6 Å². The number of nitriles is 1. The van der Waals surface area contributed by atoms with Crippen molar-refractivity contribution < 1.29 is 14.7 Å². The Morgan fingerprint density at radius 2 is 1.88 bits per heavy atom. The highest BCUT2D eigenvalue weighted by molar-refractivity contribution is 5.87. The van der Waals surface area contributed by atoms with Crippen LogP contribution < -0.4 is 0 Å². The highest BCUT2D eigenvalue weighted by Gasteiger charge is 2.67. The van der Waals surface area contributed by atoms with Gasteiger partial charge < -0.3 is 5.11 Å². The number of fused-ring (bicyclic) bond motifs is 5. The Labute approximate surface area is 143 Å². The molecular weight excluding hydrogens is 302 g/mol. The normalized spacial score (nSPS) is 53.8. The summed E-state index contributed by atoms with van der Waals surface area (Å²) in [7, 11) is 0. The molecule has 1 N–H and O–H groups in total. The summed E-state index contributed by atoms with van der Waals surface area (Å²) in [5, 5.41) is 21.2. The second kappa shape index (κ2) is 4.91. The first-order chi connectivity index (χ1) is 11.3. The van der Waals surface area contributed by atoms with Crippen molar-refractivity contribution >= 4 is 11.6 Å². The van der Waals surface area contributed by atoms with E-state index in [9.17, 15) is 20.0 Å². The number of carbonyl (C=O) groups is 2. The van der Waals surface area contributed by atoms with Gasteiger partial charge in [-0.1, -0.05) is 13.8 Å². The van der Waals surface area contributed by atoms with Crippen LogP contribution in [0.4, 0.5) is 0 Å². The van der Waals surface area contributed by atoms with Crippen LogP contribution >= 0.6 is 0 Å². The molecule has 0 amide bonds. The zero-order chi connectivity index (χ0) is 17.3. The smallest absolute Gasteiger partial charge is 0.139 e. The molecule has 0 bridgehead atoms. The van der Waals surface area contributed by atoms with E-state index in [-0.39, 0.29) is 23.0 Å². The van der Waals surface area contributed by atoms with E-state index in [1.807, 2.05) is 0 Å². The van der Waals surface area contributed by atoms with Gasteiger partial charge in [0.15, 0.2) is 0 Å². The van der Waals surface area contributed by atoms with Crippen LogP contribution in [0.2, 0.25) is 0 Å². The number of hydrogen-bond acceptors (Lipinski definition) is 4. The first-order valence-corrected chi connectivity index (χ1v) is 9.43. The minimum absolute atomic E-state index is 0.0883. The van der Waals surface area contributed by atoms with Crippen LogP contribution in [-0.2, 0) is 9.59 Å². The van der Waals surface area contributed by atoms with Crippen LogP contribution in [-0.4, -0.2) is 22.3 Å². The van der Waals surface area contributed by atoms with Gasteiger partial charge in [-0.05, 0) is 49.9 Å². The second-order valence-corrected chi connectivity index (χ2v) is 9.27. The molecule has 24 heavy (non-hydrogen) atoms. The molecule has 0 heterocycles. The van der Waals surface area contributed by atoms with E-state index in [0.717, 1.165) is 19.3 Å². The molecule has 0 aromatic heterocycles. The summed E-state index contributed by atoms with van der Waals surface area (Å²) >= 11 is 0. The maximum Gasteiger partial charge on any atom is 0.139 e. The molecule has 4 heteroatoms. The van der Waals surface area contributed by atoms with Crippen molar-refractivity contribution in [3.8, 4) is 6.07 Å². The molecule has 4 saturated carbocycles. The Kier molecular flexibility index (Phi) is 3.33. The van der Waals surface area contributed by atoms with E-state index >= 15 is 0 Å². The summed E-state index contributed by atoms with van der Waals surface area (Å²) in [4.78, 5) is 24.5. The lowest BCUT2D eigenvalue weighted by molar-refractivity contribution is -0.217. The quantitative estimate of drug-likeness (QED) is 0.741. The van der Waals surface area contributed by atoms with Gasteiger partial charge in [0.1, 0.15) is 11.6 Å². The van der Waals surface area contributed by atoms with Crippen molar-refractivity contribution in [2.75, 3.05) is 0 Å². The fraction of sp³-hybridized carbons (Fsp3) is 0.850. The first-order valence-electron chi connectivity index (χ1n) is 9.43. The van der Waals surface area contributed by atoms with Gasteiger partial charge in [-0.15, -0.1) is 0 Å². The Morgan fingerprint density at radius 3 is 2.58 bits per heavy atom. The van der Waals surface area contributed by atoms with E-state index in [4.69, 9.17) is 0 Å². The summed E-state index contributed by atoms with van der Waals surface area (Å²) in [6.07, 6.45) is 5.41. The van der Waals surface area contributed by atoms with Crippen molar-refractivity contribution in [2.45, 2.75) is 70.8 Å². The van der Waals surface area contributed by atoms with Gasteiger partial charge in [-0.3, -0.25) is 9.59 Å². The Bertz CT molecular complexity index is 652. The average molecular weight is 329 g/mol. The predicted molar refractivity (Wildman–Crippen MR) is 87.7 cm³/mol. The zero-order valence-electron chi connectivity index (χ0n) is 14.7. The number of rotatable bonds is 0. The fourth-order valence-electron chi connectivity index (χ4n) is 7.04. The highest BCUT2D eigenvalue weighted by Crippen LogP contribution is 2.67. The van der Waals surface area contributed by atoms with E-state index in [2.05, 4.69) is 19.9 Å². The Hall–Kier alpha value is -1.21. The van der Waals surface area contributed by atoms with Crippen LogP contribution in [0.15, 0.2) is 0 Å². The molecule has 4 nitrogen and oxygen atoms in total. The summed E-state index contributed by atoms with van der Waals surface area (Å²) in [6, 6.07) is 2.34. The van der Waals surface area contributed by atoms with Gasteiger partial charge in [-0.2, -0.15) is 5.26 Å². The molecule has 4 aliphatic carbocycles. The number of carbonyl (C=O) groups excluding carboxylic acids is 2. The van der Waals surface area contributed by atoms with Crippen molar-refractivity contribution in [3.63, 3.8) is 0 Å². The van der Waals surface area contributed by atoms with Crippen LogP contribution in [0.3, 0.4) is 0 Å². The second-order valence-electron chi connectivity index (χ2n) is 9.27. The minimum Gasteiger partial charge on any atom is -0.387 e. The lowest BCUT2D eigenvalue weighted by Gasteiger charge is -2.63. The maximum atomic E-state index is 12.5. The van der Waals surface area contributed by atoms with Gasteiger partial charge in [-0.25, -0.2) is 0 Å². The topological polar surface area (TPSA) is 78.2 Å². The molecule has 130 valence electrons. The summed E-state index contributed by atoms with van der Waals surface area (Å²) < 4.78 is 0. The maximum absolute atomic E-state index is 12.5. The van der Waals surface area contributed by atoms with E-state index in [1.165, 1.54) is 0 Å². The molecule has 7 atom stereocenters. The molecule has 0 aliphatic heterocycles. The third kappa shape index (κ3) is 1.77. The zero-order valence-corrected chi connectivity index (χ0v) is 14.7. The van der Waals surface area contributed by atoms with Crippen LogP contribution in [0.1, 0.15) is 65.2 Å². The summed E-state index contributed by atoms with van der Waals surface area (Å²) in [6.45, 7) is 4.23. The fourth-order valence-corrected chi connectivity index (χ4v) is 7.04. The molecule has 0 spiro atoms. The molecule has 4 aliphatic rings. The van der Waals surface area contributed by atoms with Gasteiger partial charge in [0.2, 0.25) is 0 Å². The number of Topliss-reactive ketones (excluding diaryl/α,β-unsaturated/α-hetero) is 2. The molecule has 0 saturated heterocycles.